The lowest BCUT2D eigenvalue weighted by Gasteiger charge is -2.17. The lowest BCUT2D eigenvalue weighted by Crippen LogP contribution is -2.30. The quantitative estimate of drug-likeness (QED) is 0.780. The van der Waals surface area contributed by atoms with E-state index in [0.29, 0.717) is 5.56 Å². The van der Waals surface area contributed by atoms with Gasteiger partial charge in [-0.3, -0.25) is 4.79 Å². The van der Waals surface area contributed by atoms with Gasteiger partial charge in [0.25, 0.3) is 5.91 Å². The molecule has 0 spiro atoms. The van der Waals surface area contributed by atoms with Crippen LogP contribution in [-0.4, -0.2) is 37.0 Å². The van der Waals surface area contributed by atoms with Crippen LogP contribution in [0.3, 0.4) is 0 Å². The molecule has 0 aliphatic rings. The first-order chi connectivity index (χ1) is 9.08. The number of aryl methyl sites for hydroxylation is 1. The molecule has 0 aliphatic heterocycles. The van der Waals surface area contributed by atoms with Crippen LogP contribution in [-0.2, 0) is 0 Å². The molecule has 106 valence electrons. The van der Waals surface area contributed by atoms with E-state index in [2.05, 4.69) is 40.0 Å². The van der Waals surface area contributed by atoms with Crippen LogP contribution in [0.15, 0.2) is 22.7 Å². The largest absolute Gasteiger partial charge is 0.352 e. The van der Waals surface area contributed by atoms with Crippen molar-refractivity contribution in [3.05, 3.63) is 33.8 Å². The molecule has 1 rings (SSSR count). The zero-order chi connectivity index (χ0) is 14.3. The molecule has 0 aliphatic carbocycles. The molecule has 1 N–H and O–H groups in total. The monoisotopic (exact) mass is 326 g/mol. The van der Waals surface area contributed by atoms with Crippen LogP contribution >= 0.6 is 15.9 Å². The van der Waals surface area contributed by atoms with Gasteiger partial charge in [-0.05, 0) is 66.6 Å². The number of rotatable bonds is 7. The third-order valence-electron chi connectivity index (χ3n) is 3.20. The van der Waals surface area contributed by atoms with E-state index in [1.807, 2.05) is 25.1 Å². The predicted molar refractivity (Wildman–Crippen MR) is 83.6 cm³/mol. The van der Waals surface area contributed by atoms with Gasteiger partial charge in [0.2, 0.25) is 0 Å². The van der Waals surface area contributed by atoms with Gasteiger partial charge in [0, 0.05) is 11.0 Å². The molecule has 0 saturated heterocycles. The van der Waals surface area contributed by atoms with Gasteiger partial charge in [-0.1, -0.05) is 19.9 Å². The number of amides is 1. The lowest BCUT2D eigenvalue weighted by atomic mass is 10.1. The van der Waals surface area contributed by atoms with Crippen LogP contribution < -0.4 is 5.32 Å². The Kier molecular flexibility index (Phi) is 7.10. The van der Waals surface area contributed by atoms with Crippen LogP contribution in [0.4, 0.5) is 0 Å². The number of nitrogens with zero attached hydrogens (tertiary/aromatic N) is 1. The highest BCUT2D eigenvalue weighted by Gasteiger charge is 2.09. The molecule has 0 saturated carbocycles. The van der Waals surface area contributed by atoms with Crippen molar-refractivity contribution in [3.8, 4) is 0 Å². The second-order valence-corrected chi connectivity index (χ2v) is 5.47. The Hall–Kier alpha value is -0.870. The van der Waals surface area contributed by atoms with E-state index >= 15 is 0 Å². The summed E-state index contributed by atoms with van der Waals surface area (Å²) < 4.78 is 0.855. The maximum atomic E-state index is 12.0. The van der Waals surface area contributed by atoms with E-state index in [9.17, 15) is 4.79 Å². The first kappa shape index (κ1) is 16.2. The van der Waals surface area contributed by atoms with E-state index in [1.54, 1.807) is 0 Å². The summed E-state index contributed by atoms with van der Waals surface area (Å²) in [5.74, 6) is -0.00794. The van der Waals surface area contributed by atoms with Crippen molar-refractivity contribution in [3.63, 3.8) is 0 Å². The van der Waals surface area contributed by atoms with Crippen LogP contribution in [0.5, 0.6) is 0 Å². The summed E-state index contributed by atoms with van der Waals surface area (Å²) in [5.41, 5.74) is 1.85. The van der Waals surface area contributed by atoms with E-state index in [1.165, 1.54) is 0 Å². The molecule has 1 aromatic carbocycles. The van der Waals surface area contributed by atoms with Gasteiger partial charge in [0.15, 0.2) is 0 Å². The SMILES string of the molecule is CCN(CC)CCCNC(=O)c1ccc(C)cc1Br. The lowest BCUT2D eigenvalue weighted by molar-refractivity contribution is 0.0951. The fraction of sp³-hybridized carbons (Fsp3) is 0.533. The highest BCUT2D eigenvalue weighted by Crippen LogP contribution is 2.18. The number of nitrogens with one attached hydrogen (secondary N) is 1. The highest BCUT2D eigenvalue weighted by atomic mass is 79.9. The molecule has 0 heterocycles. The van der Waals surface area contributed by atoms with Gasteiger partial charge in [0.05, 0.1) is 5.56 Å². The molecule has 0 atom stereocenters. The van der Waals surface area contributed by atoms with Crippen LogP contribution in [0.1, 0.15) is 36.2 Å². The molecule has 0 radical (unpaired) electrons. The van der Waals surface area contributed by atoms with E-state index in [-0.39, 0.29) is 5.91 Å². The van der Waals surface area contributed by atoms with Gasteiger partial charge in [-0.25, -0.2) is 0 Å². The first-order valence-electron chi connectivity index (χ1n) is 6.85. The molecule has 1 aromatic rings. The number of hydrogen-bond donors (Lipinski definition) is 1. The average Bonchev–Trinajstić information content (AvgIpc) is 2.38. The zero-order valence-corrected chi connectivity index (χ0v) is 13.6. The maximum Gasteiger partial charge on any atom is 0.252 e. The minimum Gasteiger partial charge on any atom is -0.352 e. The summed E-state index contributed by atoms with van der Waals surface area (Å²) >= 11 is 3.43. The van der Waals surface area contributed by atoms with Gasteiger partial charge in [-0.2, -0.15) is 0 Å². The van der Waals surface area contributed by atoms with Crippen molar-refractivity contribution in [2.24, 2.45) is 0 Å². The van der Waals surface area contributed by atoms with Crippen molar-refractivity contribution in [1.82, 2.24) is 10.2 Å². The summed E-state index contributed by atoms with van der Waals surface area (Å²) in [6.07, 6.45) is 0.983. The number of hydrogen-bond acceptors (Lipinski definition) is 2. The summed E-state index contributed by atoms with van der Waals surface area (Å²) in [7, 11) is 0. The molecule has 0 unspecified atom stereocenters. The summed E-state index contributed by atoms with van der Waals surface area (Å²) in [5, 5.41) is 2.97. The van der Waals surface area contributed by atoms with E-state index < -0.39 is 0 Å². The fourth-order valence-corrected chi connectivity index (χ4v) is 2.62. The van der Waals surface area contributed by atoms with E-state index in [0.717, 1.165) is 42.6 Å². The number of halogens is 1. The Morgan fingerprint density at radius 3 is 2.58 bits per heavy atom. The Bertz CT molecular complexity index is 417. The molecule has 0 aromatic heterocycles. The van der Waals surface area contributed by atoms with E-state index in [4.69, 9.17) is 0 Å². The number of carbonyl (C=O) groups excluding carboxylic acids is 1. The summed E-state index contributed by atoms with van der Waals surface area (Å²) in [6, 6.07) is 5.78. The minimum absolute atomic E-state index is 0.00794. The second kappa shape index (κ2) is 8.33. The molecule has 4 heteroatoms. The predicted octanol–water partition coefficient (Wildman–Crippen LogP) is 3.22. The van der Waals surface area contributed by atoms with Crippen LogP contribution in [0.2, 0.25) is 0 Å². The first-order valence-corrected chi connectivity index (χ1v) is 7.64. The normalized spacial score (nSPS) is 10.8. The Labute approximate surface area is 124 Å². The standard InChI is InChI=1S/C15H23BrN2O/c1-4-18(5-2)10-6-9-17-15(19)13-8-7-12(3)11-14(13)16/h7-8,11H,4-6,9-10H2,1-3H3,(H,17,19). The fourth-order valence-electron chi connectivity index (χ4n) is 1.94. The Morgan fingerprint density at radius 2 is 2.00 bits per heavy atom. The topological polar surface area (TPSA) is 32.3 Å². The zero-order valence-electron chi connectivity index (χ0n) is 12.0. The Morgan fingerprint density at radius 1 is 1.32 bits per heavy atom. The summed E-state index contributed by atoms with van der Waals surface area (Å²) in [4.78, 5) is 14.4. The molecule has 0 fully saturated rings. The molecule has 19 heavy (non-hydrogen) atoms. The Balaban J connectivity index is 2.39. The van der Waals surface area contributed by atoms with Crippen LogP contribution in [0.25, 0.3) is 0 Å². The number of carbonyl (C=O) groups is 1. The van der Waals surface area contributed by atoms with Gasteiger partial charge >= 0.3 is 0 Å². The third-order valence-corrected chi connectivity index (χ3v) is 3.86. The smallest absolute Gasteiger partial charge is 0.252 e. The third kappa shape index (κ3) is 5.33. The van der Waals surface area contributed by atoms with Crippen molar-refractivity contribution >= 4 is 21.8 Å². The maximum absolute atomic E-state index is 12.0. The number of benzene rings is 1. The minimum atomic E-state index is -0.00794. The summed E-state index contributed by atoms with van der Waals surface area (Å²) in [6.45, 7) is 10.2. The average molecular weight is 327 g/mol. The molecule has 0 bridgehead atoms. The van der Waals surface area contributed by atoms with Crippen molar-refractivity contribution < 1.29 is 4.79 Å². The molecular weight excluding hydrogens is 304 g/mol. The second-order valence-electron chi connectivity index (χ2n) is 4.62. The van der Waals surface area contributed by atoms with Crippen molar-refractivity contribution in [2.45, 2.75) is 27.2 Å². The molecular formula is C15H23BrN2O. The molecule has 3 nitrogen and oxygen atoms in total. The van der Waals surface area contributed by atoms with Crippen molar-refractivity contribution in [1.29, 1.82) is 0 Å². The van der Waals surface area contributed by atoms with Crippen LogP contribution in [0, 0.1) is 6.92 Å². The van der Waals surface area contributed by atoms with Gasteiger partial charge < -0.3 is 10.2 Å². The molecule has 1 amide bonds. The van der Waals surface area contributed by atoms with Crippen molar-refractivity contribution in [2.75, 3.05) is 26.2 Å². The van der Waals surface area contributed by atoms with Gasteiger partial charge in [0.1, 0.15) is 0 Å². The van der Waals surface area contributed by atoms with Gasteiger partial charge in [-0.15, -0.1) is 0 Å². The highest BCUT2D eigenvalue weighted by molar-refractivity contribution is 9.10.